The third-order valence-corrected chi connectivity index (χ3v) is 2.37. The number of hydrogen-bond acceptors (Lipinski definition) is 3. The van der Waals surface area contributed by atoms with Crippen LogP contribution < -0.4 is 5.73 Å². The van der Waals surface area contributed by atoms with Crippen LogP contribution in [0.1, 0.15) is 20.3 Å². The summed E-state index contributed by atoms with van der Waals surface area (Å²) in [5.74, 6) is -0.958. The van der Waals surface area contributed by atoms with Crippen molar-refractivity contribution in [3.05, 3.63) is 23.9 Å². The Balaban J connectivity index is 2.95. The Morgan fingerprint density at radius 2 is 2.36 bits per heavy atom. The summed E-state index contributed by atoms with van der Waals surface area (Å²) in [6.07, 6.45) is 6.03. The highest BCUT2D eigenvalue weighted by atomic mass is 16.4. The van der Waals surface area contributed by atoms with Gasteiger partial charge in [0.05, 0.1) is 5.57 Å². The molecule has 0 radical (unpaired) electrons. The van der Waals surface area contributed by atoms with E-state index in [1.165, 1.54) is 0 Å². The Morgan fingerprint density at radius 1 is 1.71 bits per heavy atom. The molecule has 1 unspecified atom stereocenters. The van der Waals surface area contributed by atoms with Crippen LogP contribution in [0, 0.1) is 0 Å². The van der Waals surface area contributed by atoms with Crippen LogP contribution >= 0.6 is 0 Å². The molecule has 0 amide bonds. The Hall–Kier alpha value is -1.29. The van der Waals surface area contributed by atoms with Gasteiger partial charge in [0.25, 0.3) is 0 Å². The van der Waals surface area contributed by atoms with Crippen molar-refractivity contribution < 1.29 is 9.90 Å². The van der Waals surface area contributed by atoms with Gasteiger partial charge >= 0.3 is 5.97 Å². The first-order chi connectivity index (χ1) is 6.50. The van der Waals surface area contributed by atoms with Gasteiger partial charge in [0.1, 0.15) is 5.66 Å². The van der Waals surface area contributed by atoms with E-state index in [9.17, 15) is 4.79 Å². The minimum Gasteiger partial charge on any atom is -0.478 e. The summed E-state index contributed by atoms with van der Waals surface area (Å²) >= 11 is 0. The number of nitrogens with two attached hydrogens (primary N) is 1. The predicted octanol–water partition coefficient (Wildman–Crippen LogP) is 0.912. The first-order valence-electron chi connectivity index (χ1n) is 4.68. The van der Waals surface area contributed by atoms with E-state index < -0.39 is 11.6 Å². The van der Waals surface area contributed by atoms with Gasteiger partial charge in [-0.25, -0.2) is 4.79 Å². The average Bonchev–Trinajstić information content (AvgIpc) is 2.07. The van der Waals surface area contributed by atoms with Gasteiger partial charge in [-0.1, -0.05) is 6.92 Å². The average molecular weight is 196 g/mol. The number of allylic oxidation sites excluding steroid dienone is 2. The predicted molar refractivity (Wildman–Crippen MR) is 54.4 cm³/mol. The highest BCUT2D eigenvalue weighted by Crippen LogP contribution is 2.23. The first-order valence-corrected chi connectivity index (χ1v) is 4.68. The molecular weight excluding hydrogens is 180 g/mol. The summed E-state index contributed by atoms with van der Waals surface area (Å²) in [6.45, 7) is 4.50. The number of carboxylic acids is 1. The van der Waals surface area contributed by atoms with E-state index in [2.05, 4.69) is 0 Å². The summed E-state index contributed by atoms with van der Waals surface area (Å²) in [5, 5.41) is 8.95. The first kappa shape index (κ1) is 10.8. The van der Waals surface area contributed by atoms with Crippen molar-refractivity contribution in [2.24, 2.45) is 5.73 Å². The van der Waals surface area contributed by atoms with Crippen LogP contribution in [0.5, 0.6) is 0 Å². The van der Waals surface area contributed by atoms with Gasteiger partial charge in [-0.05, 0) is 25.5 Å². The second kappa shape index (κ2) is 3.84. The fraction of sp³-hybridized carbons (Fsp3) is 0.500. The third kappa shape index (κ3) is 1.80. The number of carboxylic acid groups (broad SMARTS) is 1. The van der Waals surface area contributed by atoms with Crippen molar-refractivity contribution in [1.29, 1.82) is 0 Å². The van der Waals surface area contributed by atoms with E-state index in [0.29, 0.717) is 0 Å². The molecule has 3 N–H and O–H groups in total. The maximum Gasteiger partial charge on any atom is 0.335 e. The van der Waals surface area contributed by atoms with Crippen LogP contribution in [0.4, 0.5) is 0 Å². The summed E-state index contributed by atoms with van der Waals surface area (Å²) in [6, 6.07) is 0. The Labute approximate surface area is 83.7 Å². The summed E-state index contributed by atoms with van der Waals surface area (Å²) in [5.41, 5.74) is 5.30. The second-order valence-electron chi connectivity index (χ2n) is 3.57. The van der Waals surface area contributed by atoms with Gasteiger partial charge in [0.15, 0.2) is 0 Å². The van der Waals surface area contributed by atoms with Crippen molar-refractivity contribution in [1.82, 2.24) is 4.90 Å². The Bertz CT molecular complexity index is 292. The van der Waals surface area contributed by atoms with E-state index in [1.54, 1.807) is 19.1 Å². The molecule has 0 saturated heterocycles. The minimum atomic E-state index is -0.958. The summed E-state index contributed by atoms with van der Waals surface area (Å²) in [4.78, 5) is 12.8. The van der Waals surface area contributed by atoms with Crippen LogP contribution in [0.3, 0.4) is 0 Å². The van der Waals surface area contributed by atoms with Gasteiger partial charge in [0, 0.05) is 12.7 Å². The smallest absolute Gasteiger partial charge is 0.335 e. The maximum absolute atomic E-state index is 10.9. The summed E-state index contributed by atoms with van der Waals surface area (Å²) < 4.78 is 0. The zero-order valence-corrected chi connectivity index (χ0v) is 8.53. The van der Waals surface area contributed by atoms with E-state index in [-0.39, 0.29) is 5.57 Å². The fourth-order valence-electron chi connectivity index (χ4n) is 1.56. The zero-order chi connectivity index (χ0) is 10.8. The highest BCUT2D eigenvalue weighted by Gasteiger charge is 2.34. The van der Waals surface area contributed by atoms with Crippen LogP contribution in [0.15, 0.2) is 23.9 Å². The molecule has 4 heteroatoms. The number of nitrogens with zero attached hydrogens (tertiary/aromatic N) is 1. The monoisotopic (exact) mass is 196 g/mol. The van der Waals surface area contributed by atoms with E-state index in [4.69, 9.17) is 10.8 Å². The lowest BCUT2D eigenvalue weighted by molar-refractivity contribution is -0.134. The lowest BCUT2D eigenvalue weighted by Gasteiger charge is -2.39. The Morgan fingerprint density at radius 3 is 2.86 bits per heavy atom. The van der Waals surface area contributed by atoms with Crippen LogP contribution in [-0.4, -0.2) is 28.2 Å². The number of hydrogen-bond donors (Lipinski definition) is 2. The molecule has 0 fully saturated rings. The third-order valence-electron chi connectivity index (χ3n) is 2.37. The molecule has 0 aromatic carbocycles. The van der Waals surface area contributed by atoms with E-state index in [1.807, 2.05) is 18.0 Å². The lowest BCUT2D eigenvalue weighted by atomic mass is 9.97. The molecule has 0 spiro atoms. The molecule has 1 rings (SSSR count). The van der Waals surface area contributed by atoms with Crippen molar-refractivity contribution >= 4 is 5.97 Å². The molecular formula is C10H16N2O2. The quantitative estimate of drug-likeness (QED) is 0.704. The fourth-order valence-corrected chi connectivity index (χ4v) is 1.56. The second-order valence-corrected chi connectivity index (χ2v) is 3.57. The van der Waals surface area contributed by atoms with Crippen molar-refractivity contribution in [2.45, 2.75) is 25.9 Å². The number of rotatable bonds is 3. The molecule has 0 aromatic rings. The minimum absolute atomic E-state index is 0.230. The van der Waals surface area contributed by atoms with Gasteiger partial charge in [0.2, 0.25) is 0 Å². The van der Waals surface area contributed by atoms with Gasteiger partial charge in [-0.3, -0.25) is 0 Å². The number of carbonyl (C=O) groups is 1. The van der Waals surface area contributed by atoms with Crippen molar-refractivity contribution in [2.75, 3.05) is 6.54 Å². The molecule has 0 saturated carbocycles. The normalized spacial score (nSPS) is 26.2. The van der Waals surface area contributed by atoms with Gasteiger partial charge in [-0.15, -0.1) is 0 Å². The SMILES string of the molecule is CCCN1C=CC=C(C(=O)O)C1(C)N. The summed E-state index contributed by atoms with van der Waals surface area (Å²) in [7, 11) is 0. The zero-order valence-electron chi connectivity index (χ0n) is 8.53. The molecule has 14 heavy (non-hydrogen) atoms. The molecule has 1 atom stereocenters. The van der Waals surface area contributed by atoms with Gasteiger partial charge < -0.3 is 15.7 Å². The molecule has 78 valence electrons. The molecule has 1 aliphatic heterocycles. The highest BCUT2D eigenvalue weighted by molar-refractivity contribution is 5.89. The maximum atomic E-state index is 10.9. The molecule has 1 aliphatic rings. The molecule has 0 bridgehead atoms. The standard InChI is InChI=1S/C10H16N2O2/c1-3-6-12-7-4-5-8(9(13)14)10(12,2)11/h4-5,7H,3,6,11H2,1-2H3,(H,13,14). The largest absolute Gasteiger partial charge is 0.478 e. The topological polar surface area (TPSA) is 66.6 Å². The molecule has 0 aliphatic carbocycles. The van der Waals surface area contributed by atoms with Crippen LogP contribution in [0.25, 0.3) is 0 Å². The van der Waals surface area contributed by atoms with Crippen molar-refractivity contribution in [3.63, 3.8) is 0 Å². The van der Waals surface area contributed by atoms with E-state index in [0.717, 1.165) is 13.0 Å². The molecule has 4 nitrogen and oxygen atoms in total. The number of aliphatic carboxylic acids is 1. The van der Waals surface area contributed by atoms with Crippen molar-refractivity contribution in [3.8, 4) is 0 Å². The lowest BCUT2D eigenvalue weighted by Crippen LogP contribution is -2.55. The van der Waals surface area contributed by atoms with E-state index >= 15 is 0 Å². The van der Waals surface area contributed by atoms with Crippen LogP contribution in [-0.2, 0) is 4.79 Å². The molecule has 0 aromatic heterocycles. The molecule has 1 heterocycles. The Kier molecular flexibility index (Phi) is 2.96. The van der Waals surface area contributed by atoms with Gasteiger partial charge in [-0.2, -0.15) is 0 Å². The van der Waals surface area contributed by atoms with Crippen LogP contribution in [0.2, 0.25) is 0 Å².